The molecule has 2 rings (SSSR count). The summed E-state index contributed by atoms with van der Waals surface area (Å²) in [5.41, 5.74) is 4.95. The lowest BCUT2D eigenvalue weighted by molar-refractivity contribution is 0.579. The van der Waals surface area contributed by atoms with Crippen molar-refractivity contribution in [2.45, 2.75) is 33.7 Å². The fraction of sp³-hybridized carbons (Fsp3) is 0.294. The van der Waals surface area contributed by atoms with Gasteiger partial charge in [-0.2, -0.15) is 0 Å². The van der Waals surface area contributed by atoms with Crippen LogP contribution in [0.2, 0.25) is 0 Å². The fourth-order valence-corrected chi connectivity index (χ4v) is 3.16. The molecule has 0 aromatic heterocycles. The molecule has 4 heteroatoms. The second-order valence-corrected chi connectivity index (χ2v) is 6.28. The Morgan fingerprint density at radius 3 is 2.10 bits per heavy atom. The maximum Gasteiger partial charge on any atom is 0.149 e. The van der Waals surface area contributed by atoms with Gasteiger partial charge in [0.15, 0.2) is 0 Å². The molecule has 21 heavy (non-hydrogen) atoms. The number of nitrogens with one attached hydrogen (secondary N) is 1. The quantitative estimate of drug-likeness (QED) is 0.685. The van der Waals surface area contributed by atoms with Crippen LogP contribution in [-0.4, -0.2) is 0 Å². The van der Waals surface area contributed by atoms with Gasteiger partial charge in [0.25, 0.3) is 0 Å². The lowest BCUT2D eigenvalue weighted by Crippen LogP contribution is -2.11. The molecule has 1 atom stereocenters. The SMILES string of the molecule is Cc1cc(C)c(C(C)Nc2cc(Br)c(F)cc2F)c(C)c1. The standard InChI is InChI=1S/C17H18BrF2N/c1-9-5-10(2)17(11(3)6-9)12(4)21-16-7-13(18)14(19)8-15(16)20/h5-8,12,21H,1-4H3. The summed E-state index contributed by atoms with van der Waals surface area (Å²) in [5.74, 6) is -1.20. The smallest absolute Gasteiger partial charge is 0.149 e. The van der Waals surface area contributed by atoms with Gasteiger partial charge in [0, 0.05) is 12.1 Å². The third kappa shape index (κ3) is 3.43. The fourth-order valence-electron chi connectivity index (χ4n) is 2.81. The van der Waals surface area contributed by atoms with Gasteiger partial charge in [-0.1, -0.05) is 17.7 Å². The molecule has 0 bridgehead atoms. The van der Waals surface area contributed by atoms with Gasteiger partial charge in [0.1, 0.15) is 11.6 Å². The maximum atomic E-state index is 13.8. The van der Waals surface area contributed by atoms with E-state index in [9.17, 15) is 8.78 Å². The summed E-state index contributed by atoms with van der Waals surface area (Å²) < 4.78 is 27.4. The molecule has 0 spiro atoms. The Morgan fingerprint density at radius 2 is 1.52 bits per heavy atom. The molecule has 0 fully saturated rings. The highest BCUT2D eigenvalue weighted by molar-refractivity contribution is 9.10. The van der Waals surface area contributed by atoms with E-state index in [0.29, 0.717) is 0 Å². The van der Waals surface area contributed by atoms with Crippen LogP contribution in [0.4, 0.5) is 14.5 Å². The lowest BCUT2D eigenvalue weighted by atomic mass is 9.95. The number of benzene rings is 2. The van der Waals surface area contributed by atoms with Crippen molar-refractivity contribution >= 4 is 21.6 Å². The molecule has 0 saturated carbocycles. The van der Waals surface area contributed by atoms with Gasteiger partial charge >= 0.3 is 0 Å². The van der Waals surface area contributed by atoms with E-state index in [4.69, 9.17) is 0 Å². The van der Waals surface area contributed by atoms with E-state index in [1.807, 2.05) is 20.8 Å². The Morgan fingerprint density at radius 1 is 0.952 bits per heavy atom. The second kappa shape index (κ2) is 6.14. The van der Waals surface area contributed by atoms with Gasteiger partial charge in [-0.3, -0.25) is 0 Å². The molecule has 2 aromatic carbocycles. The molecule has 0 aliphatic heterocycles. The topological polar surface area (TPSA) is 12.0 Å². The van der Waals surface area contributed by atoms with Gasteiger partial charge in [-0.05, 0) is 66.4 Å². The van der Waals surface area contributed by atoms with Crippen LogP contribution in [0.3, 0.4) is 0 Å². The molecular weight excluding hydrogens is 336 g/mol. The highest BCUT2D eigenvalue weighted by atomic mass is 79.9. The number of hydrogen-bond donors (Lipinski definition) is 1. The van der Waals surface area contributed by atoms with Crippen LogP contribution >= 0.6 is 15.9 Å². The van der Waals surface area contributed by atoms with Crippen LogP contribution in [0.15, 0.2) is 28.7 Å². The molecule has 0 heterocycles. The Hall–Kier alpha value is -1.42. The molecule has 0 aliphatic rings. The summed E-state index contributed by atoms with van der Waals surface area (Å²) in [7, 11) is 0. The van der Waals surface area contributed by atoms with Crippen LogP contribution in [-0.2, 0) is 0 Å². The zero-order valence-electron chi connectivity index (χ0n) is 12.5. The zero-order chi connectivity index (χ0) is 15.7. The normalized spacial score (nSPS) is 12.3. The van der Waals surface area contributed by atoms with E-state index in [2.05, 4.69) is 40.3 Å². The van der Waals surface area contributed by atoms with Crippen molar-refractivity contribution in [2.24, 2.45) is 0 Å². The summed E-state index contributed by atoms with van der Waals surface area (Å²) in [5, 5.41) is 3.12. The summed E-state index contributed by atoms with van der Waals surface area (Å²) in [4.78, 5) is 0. The minimum Gasteiger partial charge on any atom is -0.376 e. The van der Waals surface area contributed by atoms with Crippen LogP contribution < -0.4 is 5.32 Å². The number of rotatable bonds is 3. The largest absolute Gasteiger partial charge is 0.376 e. The molecule has 0 saturated heterocycles. The summed E-state index contributed by atoms with van der Waals surface area (Å²) in [6, 6.07) is 6.46. The number of anilines is 1. The van der Waals surface area contributed by atoms with Gasteiger partial charge in [0.05, 0.1) is 10.2 Å². The monoisotopic (exact) mass is 353 g/mol. The maximum absolute atomic E-state index is 13.8. The zero-order valence-corrected chi connectivity index (χ0v) is 14.1. The van der Waals surface area contributed by atoms with E-state index in [1.54, 1.807) is 0 Å². The third-order valence-electron chi connectivity index (χ3n) is 3.55. The highest BCUT2D eigenvalue weighted by Crippen LogP contribution is 2.30. The molecular formula is C17H18BrF2N. The van der Waals surface area contributed by atoms with E-state index in [0.717, 1.165) is 22.8 Å². The second-order valence-electron chi connectivity index (χ2n) is 5.42. The molecule has 0 radical (unpaired) electrons. The van der Waals surface area contributed by atoms with Crippen LogP contribution in [0.1, 0.15) is 35.2 Å². The molecule has 112 valence electrons. The van der Waals surface area contributed by atoms with Crippen molar-refractivity contribution in [1.29, 1.82) is 0 Å². The lowest BCUT2D eigenvalue weighted by Gasteiger charge is -2.21. The minimum absolute atomic E-state index is 0.0718. The third-order valence-corrected chi connectivity index (χ3v) is 4.16. The van der Waals surface area contributed by atoms with E-state index >= 15 is 0 Å². The summed E-state index contributed by atoms with van der Waals surface area (Å²) in [6.07, 6.45) is 0. The van der Waals surface area contributed by atoms with Crippen LogP contribution in [0.25, 0.3) is 0 Å². The predicted octanol–water partition coefficient (Wildman–Crippen LogP) is 5.83. The summed E-state index contributed by atoms with van der Waals surface area (Å²) >= 11 is 3.08. The molecule has 1 nitrogen and oxygen atoms in total. The van der Waals surface area contributed by atoms with Crippen molar-refractivity contribution in [3.63, 3.8) is 0 Å². The molecule has 0 amide bonds. The van der Waals surface area contributed by atoms with E-state index in [1.165, 1.54) is 11.6 Å². The first-order valence-electron chi connectivity index (χ1n) is 6.78. The van der Waals surface area contributed by atoms with E-state index < -0.39 is 11.6 Å². The Kier molecular flexibility index (Phi) is 4.67. The van der Waals surface area contributed by atoms with Crippen molar-refractivity contribution in [1.82, 2.24) is 0 Å². The van der Waals surface area contributed by atoms with E-state index in [-0.39, 0.29) is 16.2 Å². The predicted molar refractivity (Wildman–Crippen MR) is 86.7 cm³/mol. The number of hydrogen-bond acceptors (Lipinski definition) is 1. The van der Waals surface area contributed by atoms with Crippen molar-refractivity contribution < 1.29 is 8.78 Å². The highest BCUT2D eigenvalue weighted by Gasteiger charge is 2.15. The van der Waals surface area contributed by atoms with Crippen molar-refractivity contribution in [2.75, 3.05) is 5.32 Å². The summed E-state index contributed by atoms with van der Waals surface area (Å²) in [6.45, 7) is 8.12. The van der Waals surface area contributed by atoms with Crippen molar-refractivity contribution in [3.8, 4) is 0 Å². The first kappa shape index (κ1) is 16.0. The number of aryl methyl sites for hydroxylation is 3. The Balaban J connectivity index is 2.35. The average molecular weight is 354 g/mol. The van der Waals surface area contributed by atoms with Crippen LogP contribution in [0, 0.1) is 32.4 Å². The molecule has 1 unspecified atom stereocenters. The number of halogens is 3. The molecule has 1 N–H and O–H groups in total. The van der Waals surface area contributed by atoms with Crippen molar-refractivity contribution in [3.05, 3.63) is 62.6 Å². The first-order valence-corrected chi connectivity index (χ1v) is 7.57. The first-order chi connectivity index (χ1) is 9.79. The Bertz CT molecular complexity index is 660. The molecule has 0 aliphatic carbocycles. The van der Waals surface area contributed by atoms with Gasteiger partial charge in [0.2, 0.25) is 0 Å². The minimum atomic E-state index is -0.603. The van der Waals surface area contributed by atoms with Crippen LogP contribution in [0.5, 0.6) is 0 Å². The average Bonchev–Trinajstić information content (AvgIpc) is 2.34. The van der Waals surface area contributed by atoms with Gasteiger partial charge in [-0.25, -0.2) is 8.78 Å². The molecule has 2 aromatic rings. The Labute approximate surface area is 132 Å². The van der Waals surface area contributed by atoms with Gasteiger partial charge < -0.3 is 5.32 Å². The van der Waals surface area contributed by atoms with Gasteiger partial charge in [-0.15, -0.1) is 0 Å².